The van der Waals surface area contributed by atoms with Gasteiger partial charge < -0.3 is 15.2 Å². The number of rotatable bonds is 5. The summed E-state index contributed by atoms with van der Waals surface area (Å²) >= 11 is 0. The molecule has 0 saturated carbocycles. The number of nitrogens with zero attached hydrogens (tertiary/aromatic N) is 2. The van der Waals surface area contributed by atoms with Crippen LogP contribution in [0, 0.1) is 5.82 Å². The molecule has 158 valence electrons. The maximum atomic E-state index is 13.2. The van der Waals surface area contributed by atoms with E-state index in [-0.39, 0.29) is 18.0 Å². The highest BCUT2D eigenvalue weighted by Gasteiger charge is 2.27. The van der Waals surface area contributed by atoms with Gasteiger partial charge in [-0.05, 0) is 53.8 Å². The first-order chi connectivity index (χ1) is 14.9. The summed E-state index contributed by atoms with van der Waals surface area (Å²) in [6.07, 6.45) is 2.70. The van der Waals surface area contributed by atoms with Crippen molar-refractivity contribution in [2.45, 2.75) is 25.9 Å². The summed E-state index contributed by atoms with van der Waals surface area (Å²) in [5.41, 5.74) is 7.93. The third-order valence-electron chi connectivity index (χ3n) is 5.58. The Hall–Kier alpha value is -3.74. The highest BCUT2D eigenvalue weighted by atomic mass is 19.1. The van der Waals surface area contributed by atoms with Gasteiger partial charge in [-0.2, -0.15) is 0 Å². The van der Waals surface area contributed by atoms with E-state index in [2.05, 4.69) is 0 Å². The second-order valence-electron chi connectivity index (χ2n) is 7.59. The Bertz CT molecular complexity index is 1190. The van der Waals surface area contributed by atoms with Crippen LogP contribution in [-0.2, 0) is 25.9 Å². The molecule has 1 aliphatic heterocycles. The van der Waals surface area contributed by atoms with E-state index >= 15 is 0 Å². The number of hydrogen-bond acceptors (Lipinski definition) is 3. The molecule has 1 aromatic heterocycles. The number of nitrogens with two attached hydrogens (primary N) is 1. The van der Waals surface area contributed by atoms with E-state index in [1.54, 1.807) is 11.1 Å². The van der Waals surface area contributed by atoms with Gasteiger partial charge in [0.15, 0.2) is 0 Å². The average Bonchev–Trinajstić information content (AvgIpc) is 2.78. The molecule has 0 unspecified atom stereocenters. The number of amides is 2. The third-order valence-corrected chi connectivity index (χ3v) is 5.58. The molecule has 2 N–H and O–H groups in total. The number of primary amides is 1. The maximum absolute atomic E-state index is 13.2. The molecular formula is C24H22FN3O3. The van der Waals surface area contributed by atoms with E-state index in [1.165, 1.54) is 28.8 Å². The first kappa shape index (κ1) is 20.5. The molecule has 7 heteroatoms. The van der Waals surface area contributed by atoms with Gasteiger partial charge in [-0.3, -0.25) is 14.4 Å². The van der Waals surface area contributed by atoms with E-state index in [4.69, 9.17) is 5.73 Å². The van der Waals surface area contributed by atoms with E-state index in [0.717, 1.165) is 11.1 Å². The average molecular weight is 419 g/mol. The Morgan fingerprint density at radius 3 is 2.42 bits per heavy atom. The van der Waals surface area contributed by atoms with Crippen molar-refractivity contribution in [3.63, 3.8) is 0 Å². The Labute approximate surface area is 178 Å². The summed E-state index contributed by atoms with van der Waals surface area (Å²) in [6, 6.07) is 15.1. The molecule has 0 spiro atoms. The zero-order valence-corrected chi connectivity index (χ0v) is 16.9. The van der Waals surface area contributed by atoms with Crippen LogP contribution in [-0.4, -0.2) is 27.8 Å². The molecule has 2 amide bonds. The molecule has 0 radical (unpaired) electrons. The fourth-order valence-electron chi connectivity index (χ4n) is 3.97. The molecule has 2 aromatic carbocycles. The van der Waals surface area contributed by atoms with Gasteiger partial charge in [0.25, 0.3) is 17.4 Å². The van der Waals surface area contributed by atoms with E-state index in [0.29, 0.717) is 37.1 Å². The van der Waals surface area contributed by atoms with Crippen molar-refractivity contribution in [1.29, 1.82) is 0 Å². The molecule has 0 saturated heterocycles. The molecule has 1 aliphatic rings. The summed E-state index contributed by atoms with van der Waals surface area (Å²) in [6.45, 7) is 0.983. The standard InChI is InChI=1S/C24H22FN3O3/c25-19-8-6-17(7-9-19)23(30)27-13-11-20-18(14-27)15-28(24(31)21(20)22(26)29)12-10-16-4-2-1-3-5-16/h1-9,15H,10-14H2,(H2,26,29). The predicted molar refractivity (Wildman–Crippen MR) is 114 cm³/mol. The van der Waals surface area contributed by atoms with Gasteiger partial charge in [0.1, 0.15) is 11.4 Å². The molecule has 4 rings (SSSR count). The van der Waals surface area contributed by atoms with E-state index in [1.807, 2.05) is 30.3 Å². The number of carbonyl (C=O) groups is 2. The van der Waals surface area contributed by atoms with Gasteiger partial charge in [0.05, 0.1) is 0 Å². The van der Waals surface area contributed by atoms with E-state index < -0.39 is 17.3 Å². The smallest absolute Gasteiger partial charge is 0.263 e. The fourth-order valence-corrected chi connectivity index (χ4v) is 3.97. The summed E-state index contributed by atoms with van der Waals surface area (Å²) in [7, 11) is 0. The monoisotopic (exact) mass is 419 g/mol. The van der Waals surface area contributed by atoms with Crippen molar-refractivity contribution in [2.75, 3.05) is 6.54 Å². The SMILES string of the molecule is NC(=O)c1c2c(cn(CCc3ccccc3)c1=O)CN(C(=O)c1ccc(F)cc1)CC2. The second-order valence-corrected chi connectivity index (χ2v) is 7.59. The molecule has 0 aliphatic carbocycles. The van der Waals surface area contributed by atoms with Crippen LogP contribution >= 0.6 is 0 Å². The maximum Gasteiger partial charge on any atom is 0.263 e. The molecule has 6 nitrogen and oxygen atoms in total. The molecule has 0 atom stereocenters. The van der Waals surface area contributed by atoms with Crippen molar-refractivity contribution in [3.05, 3.63) is 105 Å². The number of halogens is 1. The zero-order valence-electron chi connectivity index (χ0n) is 16.9. The summed E-state index contributed by atoms with van der Waals surface area (Å²) in [5, 5.41) is 0. The first-order valence-electron chi connectivity index (χ1n) is 10.1. The minimum atomic E-state index is -0.756. The third kappa shape index (κ3) is 4.26. The van der Waals surface area contributed by atoms with Crippen molar-refractivity contribution >= 4 is 11.8 Å². The molecule has 0 fully saturated rings. The minimum absolute atomic E-state index is 0.000516. The van der Waals surface area contributed by atoms with Crippen LogP contribution in [0.15, 0.2) is 65.6 Å². The summed E-state index contributed by atoms with van der Waals surface area (Å²) < 4.78 is 14.7. The number of pyridine rings is 1. The molecule has 2 heterocycles. The lowest BCUT2D eigenvalue weighted by Crippen LogP contribution is -2.40. The Morgan fingerprint density at radius 1 is 1.03 bits per heavy atom. The Balaban J connectivity index is 1.64. The van der Waals surface area contributed by atoms with Crippen LogP contribution in [0.2, 0.25) is 0 Å². The van der Waals surface area contributed by atoms with E-state index in [9.17, 15) is 18.8 Å². The van der Waals surface area contributed by atoms with Gasteiger partial charge in [-0.1, -0.05) is 30.3 Å². The fraction of sp³-hybridized carbons (Fsp3) is 0.208. The predicted octanol–water partition coefficient (Wildman–Crippen LogP) is 2.53. The number of hydrogen-bond donors (Lipinski definition) is 1. The lowest BCUT2D eigenvalue weighted by Gasteiger charge is -2.30. The molecule has 31 heavy (non-hydrogen) atoms. The minimum Gasteiger partial charge on any atom is -0.365 e. The summed E-state index contributed by atoms with van der Waals surface area (Å²) in [4.78, 5) is 39.5. The Morgan fingerprint density at radius 2 is 1.74 bits per heavy atom. The Kier molecular flexibility index (Phi) is 5.66. The number of fused-ring (bicyclic) bond motifs is 1. The van der Waals surface area contributed by atoms with Crippen LogP contribution in [0.5, 0.6) is 0 Å². The first-order valence-corrected chi connectivity index (χ1v) is 10.1. The topological polar surface area (TPSA) is 85.4 Å². The second kappa shape index (κ2) is 8.55. The number of aryl methyl sites for hydroxylation is 2. The van der Waals surface area contributed by atoms with Gasteiger partial charge in [0, 0.05) is 31.4 Å². The normalized spacial score (nSPS) is 13.0. The number of benzene rings is 2. The van der Waals surface area contributed by atoms with Crippen LogP contribution in [0.25, 0.3) is 0 Å². The largest absolute Gasteiger partial charge is 0.365 e. The number of carbonyl (C=O) groups excluding carboxylic acids is 2. The lowest BCUT2D eigenvalue weighted by atomic mass is 9.95. The van der Waals surface area contributed by atoms with Crippen LogP contribution in [0.3, 0.4) is 0 Å². The van der Waals surface area contributed by atoms with Crippen molar-refractivity contribution < 1.29 is 14.0 Å². The number of aromatic nitrogens is 1. The van der Waals surface area contributed by atoms with Crippen LogP contribution < -0.4 is 11.3 Å². The van der Waals surface area contributed by atoms with Crippen molar-refractivity contribution in [1.82, 2.24) is 9.47 Å². The molecule has 3 aromatic rings. The lowest BCUT2D eigenvalue weighted by molar-refractivity contribution is 0.0734. The summed E-state index contributed by atoms with van der Waals surface area (Å²) in [5.74, 6) is -1.39. The van der Waals surface area contributed by atoms with Crippen LogP contribution in [0.1, 0.15) is 37.4 Å². The zero-order chi connectivity index (χ0) is 22.0. The van der Waals surface area contributed by atoms with Gasteiger partial charge in [-0.15, -0.1) is 0 Å². The molecular weight excluding hydrogens is 397 g/mol. The van der Waals surface area contributed by atoms with Crippen molar-refractivity contribution in [2.24, 2.45) is 5.73 Å². The van der Waals surface area contributed by atoms with Crippen LogP contribution in [0.4, 0.5) is 4.39 Å². The van der Waals surface area contributed by atoms with Gasteiger partial charge in [-0.25, -0.2) is 4.39 Å². The molecule has 0 bridgehead atoms. The highest BCUT2D eigenvalue weighted by Crippen LogP contribution is 2.22. The van der Waals surface area contributed by atoms with Crippen molar-refractivity contribution in [3.8, 4) is 0 Å². The highest BCUT2D eigenvalue weighted by molar-refractivity contribution is 5.96. The van der Waals surface area contributed by atoms with Gasteiger partial charge >= 0.3 is 0 Å². The van der Waals surface area contributed by atoms with Gasteiger partial charge in [0.2, 0.25) is 0 Å². The quantitative estimate of drug-likeness (QED) is 0.690.